The van der Waals surface area contributed by atoms with Crippen molar-refractivity contribution in [3.63, 3.8) is 0 Å². The van der Waals surface area contributed by atoms with Crippen LogP contribution in [0.3, 0.4) is 0 Å². The number of rotatable bonds is 1. The summed E-state index contributed by atoms with van der Waals surface area (Å²) in [5.74, 6) is 0. The lowest BCUT2D eigenvalue weighted by Crippen LogP contribution is -2.21. The Balaban J connectivity index is 2.42. The molecular formula is C7H15BrSi. The second-order valence-electron chi connectivity index (χ2n) is 3.55. The number of hydrogen-bond donors (Lipinski definition) is 0. The van der Waals surface area contributed by atoms with Crippen LogP contribution in [0.1, 0.15) is 25.7 Å². The molecule has 0 amide bonds. The molecule has 0 aromatic heterocycles. The Morgan fingerprint density at radius 2 is 1.67 bits per heavy atom. The molecule has 0 unspecified atom stereocenters. The first kappa shape index (κ1) is 7.80. The lowest BCUT2D eigenvalue weighted by Gasteiger charge is -2.21. The van der Waals surface area contributed by atoms with Crippen LogP contribution in [0, 0.1) is 0 Å². The molecule has 1 rings (SSSR count). The molecule has 1 aliphatic rings. The summed E-state index contributed by atoms with van der Waals surface area (Å²) in [6, 6.07) is 0. The third-order valence-electron chi connectivity index (χ3n) is 2.33. The Morgan fingerprint density at radius 1 is 1.22 bits per heavy atom. The molecule has 1 aliphatic carbocycles. The summed E-state index contributed by atoms with van der Waals surface area (Å²) in [5.41, 5.74) is 1.07. The second-order valence-corrected chi connectivity index (χ2v) is 13.6. The summed E-state index contributed by atoms with van der Waals surface area (Å²) in [7, 11) is 0. The van der Waals surface area contributed by atoms with E-state index in [0.29, 0.717) is 0 Å². The topological polar surface area (TPSA) is 0 Å². The quantitative estimate of drug-likeness (QED) is 0.455. The smallest absolute Gasteiger partial charge is 0.126 e. The molecule has 1 fully saturated rings. The van der Waals surface area contributed by atoms with E-state index in [0.717, 1.165) is 5.54 Å². The molecule has 0 N–H and O–H groups in total. The fourth-order valence-electron chi connectivity index (χ4n) is 1.61. The van der Waals surface area contributed by atoms with Gasteiger partial charge in [0.2, 0.25) is 0 Å². The van der Waals surface area contributed by atoms with Gasteiger partial charge in [-0.1, -0.05) is 38.8 Å². The summed E-state index contributed by atoms with van der Waals surface area (Å²) in [4.78, 5) is 0. The first-order valence-electron chi connectivity index (χ1n) is 3.79. The molecule has 9 heavy (non-hydrogen) atoms. The van der Waals surface area contributed by atoms with E-state index >= 15 is 0 Å². The molecule has 0 nitrogen and oxygen atoms in total. The van der Waals surface area contributed by atoms with E-state index in [1.165, 1.54) is 25.7 Å². The van der Waals surface area contributed by atoms with E-state index in [1.54, 1.807) is 0 Å². The molecule has 0 radical (unpaired) electrons. The molecule has 0 spiro atoms. The van der Waals surface area contributed by atoms with Gasteiger partial charge in [-0.05, 0) is 5.54 Å². The van der Waals surface area contributed by atoms with E-state index in [9.17, 15) is 0 Å². The van der Waals surface area contributed by atoms with E-state index in [1.807, 2.05) is 0 Å². The van der Waals surface area contributed by atoms with Crippen molar-refractivity contribution in [3.05, 3.63) is 0 Å². The highest BCUT2D eigenvalue weighted by Crippen LogP contribution is 2.41. The van der Waals surface area contributed by atoms with Gasteiger partial charge in [0.25, 0.3) is 0 Å². The molecule has 54 valence electrons. The van der Waals surface area contributed by atoms with Crippen LogP contribution < -0.4 is 0 Å². The minimum absolute atomic E-state index is 0.912. The Labute approximate surface area is 66.6 Å². The maximum Gasteiger partial charge on any atom is 0.127 e. The van der Waals surface area contributed by atoms with Gasteiger partial charge in [-0.15, -0.1) is 15.3 Å². The lowest BCUT2D eigenvalue weighted by atomic mass is 10.4. The van der Waals surface area contributed by atoms with Crippen molar-refractivity contribution in [3.8, 4) is 0 Å². The summed E-state index contributed by atoms with van der Waals surface area (Å²) in [5, 5.41) is 0. The lowest BCUT2D eigenvalue weighted by molar-refractivity contribution is 0.853. The third kappa shape index (κ3) is 2.08. The van der Waals surface area contributed by atoms with E-state index in [-0.39, 0.29) is 0 Å². The van der Waals surface area contributed by atoms with Crippen molar-refractivity contribution in [2.45, 2.75) is 44.3 Å². The molecule has 0 saturated heterocycles. The molecule has 0 aromatic carbocycles. The maximum atomic E-state index is 3.84. The Morgan fingerprint density at radius 3 is 1.89 bits per heavy atom. The average Bonchev–Trinajstić information content (AvgIpc) is 2.08. The Hall–Kier alpha value is 0.697. The summed E-state index contributed by atoms with van der Waals surface area (Å²) >= 11 is 3.84. The van der Waals surface area contributed by atoms with Crippen molar-refractivity contribution in [2.24, 2.45) is 0 Å². The Kier molecular flexibility index (Phi) is 2.38. The zero-order valence-corrected chi connectivity index (χ0v) is 8.87. The van der Waals surface area contributed by atoms with Gasteiger partial charge in [0.05, 0.1) is 0 Å². The highest BCUT2D eigenvalue weighted by Gasteiger charge is 2.30. The van der Waals surface area contributed by atoms with Gasteiger partial charge in [-0.3, -0.25) is 0 Å². The minimum atomic E-state index is -0.912. The van der Waals surface area contributed by atoms with Crippen LogP contribution in [0.4, 0.5) is 0 Å². The highest BCUT2D eigenvalue weighted by molar-refractivity contribution is 9.26. The largest absolute Gasteiger partial charge is 0.127 e. The van der Waals surface area contributed by atoms with Crippen LogP contribution in [0.2, 0.25) is 18.6 Å². The van der Waals surface area contributed by atoms with Crippen LogP contribution in [-0.2, 0) is 0 Å². The summed E-state index contributed by atoms with van der Waals surface area (Å²) in [6.07, 6.45) is 5.94. The van der Waals surface area contributed by atoms with Crippen molar-refractivity contribution in [2.75, 3.05) is 0 Å². The molecule has 0 atom stereocenters. The van der Waals surface area contributed by atoms with Crippen molar-refractivity contribution in [1.29, 1.82) is 0 Å². The Bertz CT molecular complexity index is 89.6. The molecule has 2 heteroatoms. The number of halogens is 1. The molecule has 1 saturated carbocycles. The van der Waals surface area contributed by atoms with Crippen LogP contribution in [0.25, 0.3) is 0 Å². The van der Waals surface area contributed by atoms with Crippen molar-refractivity contribution < 1.29 is 0 Å². The van der Waals surface area contributed by atoms with Gasteiger partial charge in [-0.25, -0.2) is 0 Å². The predicted octanol–water partition coefficient (Wildman–Crippen LogP) is 3.53. The molecule has 0 heterocycles. The predicted molar refractivity (Wildman–Crippen MR) is 48.6 cm³/mol. The van der Waals surface area contributed by atoms with Crippen LogP contribution in [0.5, 0.6) is 0 Å². The maximum absolute atomic E-state index is 3.84. The van der Waals surface area contributed by atoms with Crippen molar-refractivity contribution in [1.82, 2.24) is 0 Å². The van der Waals surface area contributed by atoms with E-state index in [4.69, 9.17) is 0 Å². The van der Waals surface area contributed by atoms with E-state index < -0.39 is 6.69 Å². The first-order chi connectivity index (χ1) is 4.11. The normalized spacial score (nSPS) is 23.0. The van der Waals surface area contributed by atoms with Gasteiger partial charge >= 0.3 is 0 Å². The molecule has 0 aromatic rings. The minimum Gasteiger partial charge on any atom is -0.126 e. The first-order valence-corrected chi connectivity index (χ1v) is 9.13. The van der Waals surface area contributed by atoms with Gasteiger partial charge < -0.3 is 0 Å². The zero-order valence-electron chi connectivity index (χ0n) is 6.28. The van der Waals surface area contributed by atoms with Crippen LogP contribution in [-0.4, -0.2) is 6.69 Å². The monoisotopic (exact) mass is 206 g/mol. The molecular weight excluding hydrogens is 192 g/mol. The summed E-state index contributed by atoms with van der Waals surface area (Å²) < 4.78 is 0. The van der Waals surface area contributed by atoms with Crippen molar-refractivity contribution >= 4 is 22.0 Å². The molecule has 0 aliphatic heterocycles. The third-order valence-corrected chi connectivity index (χ3v) is 6.79. The summed E-state index contributed by atoms with van der Waals surface area (Å²) in [6.45, 7) is 3.93. The SMILES string of the molecule is C[Si](C)(Br)C1CCCC1. The van der Waals surface area contributed by atoms with Crippen LogP contribution in [0.15, 0.2) is 0 Å². The zero-order chi connectivity index (χ0) is 6.91. The fourth-order valence-corrected chi connectivity index (χ4v) is 4.77. The van der Waals surface area contributed by atoms with Gasteiger partial charge in [-0.2, -0.15) is 0 Å². The van der Waals surface area contributed by atoms with Gasteiger partial charge in [0.15, 0.2) is 0 Å². The standard InChI is InChI=1S/C7H15BrSi/c1-9(2,8)7-5-3-4-6-7/h7H,3-6H2,1-2H3. The average molecular weight is 207 g/mol. The van der Waals surface area contributed by atoms with Gasteiger partial charge in [0, 0.05) is 0 Å². The number of hydrogen-bond acceptors (Lipinski definition) is 0. The van der Waals surface area contributed by atoms with E-state index in [2.05, 4.69) is 28.4 Å². The van der Waals surface area contributed by atoms with Gasteiger partial charge in [0.1, 0.15) is 6.69 Å². The molecule has 0 bridgehead atoms. The second kappa shape index (κ2) is 2.75. The van der Waals surface area contributed by atoms with Crippen LogP contribution >= 0.6 is 15.3 Å². The highest BCUT2D eigenvalue weighted by atomic mass is 79.9. The fraction of sp³-hybridized carbons (Fsp3) is 1.00.